The minimum absolute atomic E-state index is 0.976. The fourth-order valence-electron chi connectivity index (χ4n) is 2.09. The van der Waals surface area contributed by atoms with Gasteiger partial charge in [0.25, 0.3) is 0 Å². The molecule has 0 N–H and O–H groups in total. The summed E-state index contributed by atoms with van der Waals surface area (Å²) in [6.07, 6.45) is 11.9. The summed E-state index contributed by atoms with van der Waals surface area (Å²) in [5, 5.41) is 2.37. The lowest BCUT2D eigenvalue weighted by Crippen LogP contribution is -2.27. The zero-order chi connectivity index (χ0) is 13.1. The van der Waals surface area contributed by atoms with E-state index in [1.54, 1.807) is 0 Å². The summed E-state index contributed by atoms with van der Waals surface area (Å²) in [4.78, 5) is 0. The highest BCUT2D eigenvalue weighted by atomic mass is 14.1. The van der Waals surface area contributed by atoms with Crippen LogP contribution in [0.2, 0.25) is 0 Å². The van der Waals surface area contributed by atoms with Crippen molar-refractivity contribution in [3.05, 3.63) is 63.1 Å². The lowest BCUT2D eigenvalue weighted by Gasteiger charge is -2.04. The molecule has 0 spiro atoms. The van der Waals surface area contributed by atoms with E-state index in [4.69, 9.17) is 0 Å². The van der Waals surface area contributed by atoms with Crippen LogP contribution in [0.5, 0.6) is 0 Å². The molecule has 0 heteroatoms. The second kappa shape index (κ2) is 5.22. The van der Waals surface area contributed by atoms with Gasteiger partial charge in [0.2, 0.25) is 0 Å². The van der Waals surface area contributed by atoms with Crippen LogP contribution in [-0.4, -0.2) is 0 Å². The molecule has 0 saturated heterocycles. The van der Waals surface area contributed by atoms with E-state index < -0.39 is 0 Å². The first-order valence-corrected chi connectivity index (χ1v) is 6.39. The Morgan fingerprint density at radius 2 is 2.00 bits per heavy atom. The minimum atomic E-state index is 0.976. The SMILES string of the molecule is C=c1c2c(cc/c1=C/C=C(C)C)C=CC(C)=CC2. The monoisotopic (exact) mass is 236 g/mol. The summed E-state index contributed by atoms with van der Waals surface area (Å²) >= 11 is 0. The van der Waals surface area contributed by atoms with Gasteiger partial charge < -0.3 is 0 Å². The molecule has 18 heavy (non-hydrogen) atoms. The maximum Gasteiger partial charge on any atom is -0.00798 e. The third-order valence-electron chi connectivity index (χ3n) is 3.25. The van der Waals surface area contributed by atoms with Gasteiger partial charge in [-0.15, -0.1) is 0 Å². The molecule has 0 heterocycles. The smallest absolute Gasteiger partial charge is 0.00798 e. The molecule has 0 saturated carbocycles. The van der Waals surface area contributed by atoms with Crippen molar-refractivity contribution < 1.29 is 0 Å². The van der Waals surface area contributed by atoms with Gasteiger partial charge in [-0.2, -0.15) is 0 Å². The van der Waals surface area contributed by atoms with Crippen LogP contribution in [0.1, 0.15) is 31.9 Å². The van der Waals surface area contributed by atoms with E-state index >= 15 is 0 Å². The van der Waals surface area contributed by atoms with Crippen LogP contribution in [0.3, 0.4) is 0 Å². The lowest BCUT2D eigenvalue weighted by atomic mass is 10.0. The Kier molecular flexibility index (Phi) is 3.66. The van der Waals surface area contributed by atoms with E-state index in [9.17, 15) is 0 Å². The third-order valence-corrected chi connectivity index (χ3v) is 3.25. The summed E-state index contributed by atoms with van der Waals surface area (Å²) in [6, 6.07) is 4.35. The normalized spacial score (nSPS) is 14.8. The van der Waals surface area contributed by atoms with Crippen LogP contribution in [0.15, 0.2) is 41.5 Å². The molecule has 2 rings (SSSR count). The lowest BCUT2D eigenvalue weighted by molar-refractivity contribution is 1.21. The largest absolute Gasteiger partial charge is 0.0908 e. The van der Waals surface area contributed by atoms with Crippen LogP contribution in [-0.2, 0) is 6.42 Å². The number of fused-ring (bicyclic) bond motifs is 1. The van der Waals surface area contributed by atoms with Gasteiger partial charge in [-0.05, 0) is 48.8 Å². The van der Waals surface area contributed by atoms with E-state index in [1.165, 1.54) is 27.5 Å². The van der Waals surface area contributed by atoms with Gasteiger partial charge in [0, 0.05) is 0 Å². The van der Waals surface area contributed by atoms with E-state index in [0.717, 1.165) is 11.6 Å². The Balaban J connectivity index is 2.60. The summed E-state index contributed by atoms with van der Waals surface area (Å²) < 4.78 is 0. The maximum absolute atomic E-state index is 4.25. The zero-order valence-electron chi connectivity index (χ0n) is 11.5. The molecule has 0 amide bonds. The molecule has 92 valence electrons. The zero-order valence-corrected chi connectivity index (χ0v) is 11.5. The highest BCUT2D eigenvalue weighted by molar-refractivity contribution is 5.60. The Morgan fingerprint density at radius 3 is 2.72 bits per heavy atom. The predicted octanol–water partition coefficient (Wildman–Crippen LogP) is 3.36. The standard InChI is InChI=1S/C18H20/c1-13(2)5-8-16-10-11-17-9-6-14(3)7-12-18(17)15(16)4/h5-11H,4,12H2,1-3H3/b16-8-. The van der Waals surface area contributed by atoms with Crippen molar-refractivity contribution in [2.24, 2.45) is 0 Å². The van der Waals surface area contributed by atoms with Crippen LogP contribution in [0.25, 0.3) is 18.7 Å². The van der Waals surface area contributed by atoms with E-state index in [1.807, 2.05) is 0 Å². The fraction of sp³-hybridized carbons (Fsp3) is 0.222. The predicted molar refractivity (Wildman–Crippen MR) is 81.6 cm³/mol. The third kappa shape index (κ3) is 2.70. The fourth-order valence-corrected chi connectivity index (χ4v) is 2.09. The summed E-state index contributed by atoms with van der Waals surface area (Å²) in [7, 11) is 0. The minimum Gasteiger partial charge on any atom is -0.0908 e. The molecule has 0 nitrogen and oxygen atoms in total. The Labute approximate surface area is 109 Å². The maximum atomic E-state index is 4.25. The summed E-state index contributed by atoms with van der Waals surface area (Å²) in [6.45, 7) is 10.6. The van der Waals surface area contributed by atoms with Crippen molar-refractivity contribution in [2.75, 3.05) is 0 Å². The first-order chi connectivity index (χ1) is 8.58. The first-order valence-electron chi connectivity index (χ1n) is 6.39. The highest BCUT2D eigenvalue weighted by Gasteiger charge is 2.03. The second-order valence-electron chi connectivity index (χ2n) is 5.10. The van der Waals surface area contributed by atoms with Crippen LogP contribution < -0.4 is 10.4 Å². The van der Waals surface area contributed by atoms with Crippen molar-refractivity contribution in [3.8, 4) is 0 Å². The van der Waals surface area contributed by atoms with Gasteiger partial charge in [-0.3, -0.25) is 0 Å². The molecule has 0 aromatic heterocycles. The second-order valence-corrected chi connectivity index (χ2v) is 5.10. The van der Waals surface area contributed by atoms with Gasteiger partial charge >= 0.3 is 0 Å². The molecule has 0 radical (unpaired) electrons. The van der Waals surface area contributed by atoms with Gasteiger partial charge in [0.1, 0.15) is 0 Å². The molecule has 0 atom stereocenters. The number of allylic oxidation sites excluding steroid dienone is 5. The van der Waals surface area contributed by atoms with E-state index in [0.29, 0.717) is 0 Å². The van der Waals surface area contributed by atoms with Gasteiger partial charge in [0.15, 0.2) is 0 Å². The quantitative estimate of drug-likeness (QED) is 0.701. The van der Waals surface area contributed by atoms with Crippen molar-refractivity contribution >= 4 is 18.7 Å². The van der Waals surface area contributed by atoms with Crippen LogP contribution in [0, 0.1) is 0 Å². The number of benzene rings is 1. The van der Waals surface area contributed by atoms with Gasteiger partial charge in [-0.1, -0.05) is 60.2 Å². The van der Waals surface area contributed by atoms with Crippen LogP contribution in [0.4, 0.5) is 0 Å². The average molecular weight is 236 g/mol. The molecule has 1 aromatic carbocycles. The molecule has 1 aliphatic rings. The molecular formula is C18H20. The molecule has 1 aliphatic carbocycles. The van der Waals surface area contributed by atoms with Crippen LogP contribution >= 0.6 is 0 Å². The topological polar surface area (TPSA) is 0 Å². The van der Waals surface area contributed by atoms with Crippen molar-refractivity contribution in [3.63, 3.8) is 0 Å². The van der Waals surface area contributed by atoms with Gasteiger partial charge in [-0.25, -0.2) is 0 Å². The molecule has 0 fully saturated rings. The van der Waals surface area contributed by atoms with Crippen molar-refractivity contribution in [2.45, 2.75) is 27.2 Å². The van der Waals surface area contributed by atoms with Crippen molar-refractivity contribution in [1.82, 2.24) is 0 Å². The van der Waals surface area contributed by atoms with Crippen molar-refractivity contribution in [1.29, 1.82) is 0 Å². The Hall–Kier alpha value is -1.82. The highest BCUT2D eigenvalue weighted by Crippen LogP contribution is 2.13. The van der Waals surface area contributed by atoms with Gasteiger partial charge in [0.05, 0.1) is 0 Å². The Morgan fingerprint density at radius 1 is 1.22 bits per heavy atom. The number of hydrogen-bond acceptors (Lipinski definition) is 0. The summed E-state index contributed by atoms with van der Waals surface area (Å²) in [5.74, 6) is 0. The Bertz CT molecular complexity index is 648. The molecule has 1 aromatic rings. The molecule has 0 aliphatic heterocycles. The molecular weight excluding hydrogens is 216 g/mol. The van der Waals surface area contributed by atoms with E-state index in [2.05, 4.69) is 69.9 Å². The first kappa shape index (κ1) is 12.6. The molecule has 0 bridgehead atoms. The number of hydrogen-bond donors (Lipinski definition) is 0. The average Bonchev–Trinajstić information content (AvgIpc) is 2.51. The molecule has 0 unspecified atom stereocenters. The number of rotatable bonds is 1. The summed E-state index contributed by atoms with van der Waals surface area (Å²) in [5.41, 5.74) is 5.27. The van der Waals surface area contributed by atoms with E-state index in [-0.39, 0.29) is 0 Å².